The van der Waals surface area contributed by atoms with Gasteiger partial charge in [-0.3, -0.25) is 4.79 Å². The van der Waals surface area contributed by atoms with Gasteiger partial charge in [-0.05, 0) is 53.9 Å². The van der Waals surface area contributed by atoms with Crippen LogP contribution in [0.1, 0.15) is 37.8 Å². The molecule has 39 heavy (non-hydrogen) atoms. The molecule has 202 valence electrons. The first-order valence-corrected chi connectivity index (χ1v) is 13.2. The standard InChI is InChI=1S/C31H32ClN3O4/c1-5-21(2)20-39-29(36)22(3)18-31(34-33-25-12-14-26(38-4)15-13-25)27-17-24(32)11-16-28(27)35(30(31)37)19-23-9-7-6-8-10-23/h6-17,21H,3,5,18-20H2,1-2,4H3. The Morgan fingerprint density at radius 2 is 1.82 bits per heavy atom. The molecule has 4 rings (SSSR count). The molecule has 3 aromatic carbocycles. The predicted molar refractivity (Wildman–Crippen MR) is 152 cm³/mol. The second-order valence-corrected chi connectivity index (χ2v) is 10.1. The molecule has 1 aliphatic rings. The molecule has 0 spiro atoms. The van der Waals surface area contributed by atoms with Gasteiger partial charge in [-0.15, -0.1) is 0 Å². The lowest BCUT2D eigenvalue weighted by Crippen LogP contribution is -2.39. The smallest absolute Gasteiger partial charge is 0.333 e. The van der Waals surface area contributed by atoms with Crippen molar-refractivity contribution in [2.45, 2.75) is 38.8 Å². The van der Waals surface area contributed by atoms with E-state index in [0.29, 0.717) is 34.3 Å². The van der Waals surface area contributed by atoms with Crippen molar-refractivity contribution in [1.82, 2.24) is 0 Å². The molecule has 7 nitrogen and oxygen atoms in total. The Bertz CT molecular complexity index is 1370. The van der Waals surface area contributed by atoms with E-state index in [2.05, 4.69) is 16.8 Å². The van der Waals surface area contributed by atoms with E-state index in [1.54, 1.807) is 54.5 Å². The zero-order chi connectivity index (χ0) is 28.0. The Labute approximate surface area is 234 Å². The summed E-state index contributed by atoms with van der Waals surface area (Å²) in [5.74, 6) is -0.00681. The predicted octanol–water partition coefficient (Wildman–Crippen LogP) is 7.41. The average Bonchev–Trinajstić information content (AvgIpc) is 3.17. The number of anilines is 1. The molecule has 0 bridgehead atoms. The number of nitrogens with zero attached hydrogens (tertiary/aromatic N) is 3. The van der Waals surface area contributed by atoms with E-state index in [0.717, 1.165) is 12.0 Å². The zero-order valence-corrected chi connectivity index (χ0v) is 23.1. The van der Waals surface area contributed by atoms with Crippen molar-refractivity contribution in [2.75, 3.05) is 18.6 Å². The second kappa shape index (κ2) is 12.3. The normalized spacial score (nSPS) is 17.2. The van der Waals surface area contributed by atoms with Crippen molar-refractivity contribution in [3.8, 4) is 5.75 Å². The fourth-order valence-corrected chi connectivity index (χ4v) is 4.53. The van der Waals surface area contributed by atoms with Gasteiger partial charge in [0.1, 0.15) is 5.75 Å². The molecule has 8 heteroatoms. The van der Waals surface area contributed by atoms with Gasteiger partial charge in [-0.1, -0.05) is 68.8 Å². The lowest BCUT2D eigenvalue weighted by atomic mass is 9.85. The summed E-state index contributed by atoms with van der Waals surface area (Å²) in [6.07, 6.45) is 0.766. The van der Waals surface area contributed by atoms with Gasteiger partial charge >= 0.3 is 5.97 Å². The van der Waals surface area contributed by atoms with Crippen LogP contribution in [0.5, 0.6) is 5.75 Å². The van der Waals surface area contributed by atoms with Crippen molar-refractivity contribution in [1.29, 1.82) is 0 Å². The number of halogens is 1. The Balaban J connectivity index is 1.77. The number of hydrogen-bond acceptors (Lipinski definition) is 6. The average molecular weight is 546 g/mol. The first-order valence-electron chi connectivity index (χ1n) is 12.8. The Morgan fingerprint density at radius 3 is 2.49 bits per heavy atom. The molecular weight excluding hydrogens is 514 g/mol. The number of methoxy groups -OCH3 is 1. The number of carbonyl (C=O) groups excluding carboxylic acids is 2. The quantitative estimate of drug-likeness (QED) is 0.143. The maximum Gasteiger partial charge on any atom is 0.333 e. The van der Waals surface area contributed by atoms with E-state index in [-0.39, 0.29) is 30.4 Å². The summed E-state index contributed by atoms with van der Waals surface area (Å²) in [7, 11) is 1.58. The number of fused-ring (bicyclic) bond motifs is 1. The summed E-state index contributed by atoms with van der Waals surface area (Å²) in [5, 5.41) is 9.52. The highest BCUT2D eigenvalue weighted by molar-refractivity contribution is 6.31. The monoisotopic (exact) mass is 545 g/mol. The highest BCUT2D eigenvalue weighted by atomic mass is 35.5. The molecule has 0 aromatic heterocycles. The zero-order valence-electron chi connectivity index (χ0n) is 22.4. The van der Waals surface area contributed by atoms with Gasteiger partial charge < -0.3 is 14.4 Å². The Kier molecular flexibility index (Phi) is 8.82. The van der Waals surface area contributed by atoms with Gasteiger partial charge in [0.05, 0.1) is 31.6 Å². The largest absolute Gasteiger partial charge is 0.497 e. The Morgan fingerprint density at radius 1 is 1.10 bits per heavy atom. The molecule has 1 amide bonds. The summed E-state index contributed by atoms with van der Waals surface area (Å²) >= 11 is 6.43. The van der Waals surface area contributed by atoms with Crippen molar-refractivity contribution in [3.05, 3.63) is 101 Å². The number of amides is 1. The fraction of sp³-hybridized carbons (Fsp3) is 0.290. The van der Waals surface area contributed by atoms with Crippen LogP contribution in [0.15, 0.2) is 95.2 Å². The third kappa shape index (κ3) is 6.20. The van der Waals surface area contributed by atoms with Gasteiger partial charge in [0, 0.05) is 22.6 Å². The maximum atomic E-state index is 14.3. The number of esters is 1. The van der Waals surface area contributed by atoms with Gasteiger partial charge in [0.25, 0.3) is 5.91 Å². The number of carbonyl (C=O) groups is 2. The molecule has 2 unspecified atom stereocenters. The lowest BCUT2D eigenvalue weighted by molar-refractivity contribution is -0.140. The van der Waals surface area contributed by atoms with E-state index in [1.807, 2.05) is 44.2 Å². The molecule has 1 aliphatic heterocycles. The van der Waals surface area contributed by atoms with Crippen LogP contribution >= 0.6 is 11.6 Å². The van der Waals surface area contributed by atoms with E-state index >= 15 is 0 Å². The van der Waals surface area contributed by atoms with Crippen LogP contribution in [0.4, 0.5) is 11.4 Å². The summed E-state index contributed by atoms with van der Waals surface area (Å²) in [6, 6.07) is 21.9. The summed E-state index contributed by atoms with van der Waals surface area (Å²) in [6.45, 7) is 8.60. The van der Waals surface area contributed by atoms with Crippen LogP contribution in [0.3, 0.4) is 0 Å². The summed E-state index contributed by atoms with van der Waals surface area (Å²) in [4.78, 5) is 28.9. The molecule has 0 aliphatic carbocycles. The van der Waals surface area contributed by atoms with Crippen molar-refractivity contribution in [2.24, 2.45) is 16.1 Å². The molecule has 3 aromatic rings. The number of rotatable bonds is 11. The van der Waals surface area contributed by atoms with Crippen LogP contribution in [-0.2, 0) is 26.4 Å². The highest BCUT2D eigenvalue weighted by Gasteiger charge is 2.53. The molecule has 1 heterocycles. The van der Waals surface area contributed by atoms with Gasteiger partial charge in [-0.25, -0.2) is 4.79 Å². The van der Waals surface area contributed by atoms with E-state index in [9.17, 15) is 9.59 Å². The topological polar surface area (TPSA) is 80.6 Å². The van der Waals surface area contributed by atoms with Crippen molar-refractivity contribution >= 4 is 34.9 Å². The number of benzene rings is 3. The number of ether oxygens (including phenoxy) is 2. The molecule has 0 fully saturated rings. The third-order valence-corrected chi connectivity index (χ3v) is 7.07. The van der Waals surface area contributed by atoms with Crippen LogP contribution < -0.4 is 9.64 Å². The second-order valence-electron chi connectivity index (χ2n) is 9.69. The molecule has 0 saturated heterocycles. The van der Waals surface area contributed by atoms with Gasteiger partial charge in [-0.2, -0.15) is 10.2 Å². The Hall–Kier alpha value is -3.97. The van der Waals surface area contributed by atoms with Crippen LogP contribution in [0, 0.1) is 5.92 Å². The fourth-order valence-electron chi connectivity index (χ4n) is 4.36. The van der Waals surface area contributed by atoms with Crippen LogP contribution in [-0.4, -0.2) is 25.6 Å². The molecule has 0 saturated carbocycles. The number of hydrogen-bond donors (Lipinski definition) is 0. The minimum absolute atomic E-state index is 0.108. The highest BCUT2D eigenvalue weighted by Crippen LogP contribution is 2.48. The lowest BCUT2D eigenvalue weighted by Gasteiger charge is -2.24. The number of azo groups is 1. The van der Waals surface area contributed by atoms with Gasteiger partial charge in [0.15, 0.2) is 5.54 Å². The van der Waals surface area contributed by atoms with Gasteiger partial charge in [0.2, 0.25) is 0 Å². The molecule has 0 N–H and O–H groups in total. The first-order chi connectivity index (χ1) is 18.8. The minimum atomic E-state index is -1.55. The minimum Gasteiger partial charge on any atom is -0.497 e. The van der Waals surface area contributed by atoms with E-state index in [1.165, 1.54) is 0 Å². The maximum absolute atomic E-state index is 14.3. The third-order valence-electron chi connectivity index (χ3n) is 6.84. The van der Waals surface area contributed by atoms with E-state index < -0.39 is 11.5 Å². The van der Waals surface area contributed by atoms with Crippen molar-refractivity contribution < 1.29 is 19.1 Å². The summed E-state index contributed by atoms with van der Waals surface area (Å²) in [5.41, 5.74) is 1.26. The molecular formula is C31H32ClN3O4. The van der Waals surface area contributed by atoms with Crippen molar-refractivity contribution in [3.63, 3.8) is 0 Å². The van der Waals surface area contributed by atoms with E-state index in [4.69, 9.17) is 21.1 Å². The molecule has 2 atom stereocenters. The summed E-state index contributed by atoms with van der Waals surface area (Å²) < 4.78 is 10.7. The first kappa shape index (κ1) is 28.0. The van der Waals surface area contributed by atoms with Crippen LogP contribution in [0.2, 0.25) is 5.02 Å². The SMILES string of the molecule is C=C(CC1(N=Nc2ccc(OC)cc2)C(=O)N(Cc2ccccc2)c2ccc(Cl)cc21)C(=O)OCC(C)CC. The molecule has 0 radical (unpaired) electrons. The van der Waals surface area contributed by atoms with Crippen LogP contribution in [0.25, 0.3) is 0 Å².